The molecule has 0 aliphatic carbocycles. The molecule has 0 amide bonds. The summed E-state index contributed by atoms with van der Waals surface area (Å²) in [6, 6.07) is 1.53. The first-order valence-electron chi connectivity index (χ1n) is 4.37. The second-order valence-corrected chi connectivity index (χ2v) is 4.05. The highest BCUT2D eigenvalue weighted by Crippen LogP contribution is 2.36. The Morgan fingerprint density at radius 3 is 3.00 bits per heavy atom. The van der Waals surface area contributed by atoms with Crippen molar-refractivity contribution in [1.29, 1.82) is 0 Å². The van der Waals surface area contributed by atoms with Gasteiger partial charge in [0.15, 0.2) is 0 Å². The summed E-state index contributed by atoms with van der Waals surface area (Å²) in [5, 5.41) is 8.75. The average molecular weight is 193 g/mol. The summed E-state index contributed by atoms with van der Waals surface area (Å²) >= 11 is 0. The molecule has 0 aromatic carbocycles. The second kappa shape index (κ2) is 2.70. The van der Waals surface area contributed by atoms with Gasteiger partial charge >= 0.3 is 5.97 Å². The quantitative estimate of drug-likeness (QED) is 0.733. The van der Waals surface area contributed by atoms with Gasteiger partial charge in [-0.2, -0.15) is 0 Å². The standard InChI is InChI=1S/C10H11NO3/c1-10(2)5-14-7-3-6(9(12)13)4-11-8(7)10/h3-4H,5H2,1-2H3,(H,12,13). The molecule has 1 aliphatic rings. The van der Waals surface area contributed by atoms with Crippen molar-refractivity contribution in [2.24, 2.45) is 0 Å². The Morgan fingerprint density at radius 2 is 2.36 bits per heavy atom. The monoisotopic (exact) mass is 193 g/mol. The summed E-state index contributed by atoms with van der Waals surface area (Å²) in [4.78, 5) is 14.8. The Balaban J connectivity index is 2.49. The molecule has 1 aromatic heterocycles. The SMILES string of the molecule is CC1(C)COc2cc(C(=O)O)cnc21. The lowest BCUT2D eigenvalue weighted by Gasteiger charge is -2.13. The Kier molecular flexibility index (Phi) is 1.74. The number of aromatic nitrogens is 1. The minimum absolute atomic E-state index is 0.119. The van der Waals surface area contributed by atoms with Crippen LogP contribution in [0.3, 0.4) is 0 Å². The van der Waals surface area contributed by atoms with Gasteiger partial charge in [-0.1, -0.05) is 13.8 Å². The van der Waals surface area contributed by atoms with E-state index >= 15 is 0 Å². The summed E-state index contributed by atoms with van der Waals surface area (Å²) in [7, 11) is 0. The summed E-state index contributed by atoms with van der Waals surface area (Å²) in [6.45, 7) is 4.59. The first-order chi connectivity index (χ1) is 6.50. The van der Waals surface area contributed by atoms with Crippen LogP contribution in [-0.4, -0.2) is 22.7 Å². The number of carbonyl (C=O) groups is 1. The minimum Gasteiger partial charge on any atom is -0.491 e. The molecule has 0 spiro atoms. The van der Waals surface area contributed by atoms with Crippen molar-refractivity contribution in [3.8, 4) is 5.75 Å². The molecule has 0 radical (unpaired) electrons. The first-order valence-corrected chi connectivity index (χ1v) is 4.37. The molecule has 1 aliphatic heterocycles. The predicted molar refractivity (Wildman–Crippen MR) is 49.7 cm³/mol. The number of aromatic carboxylic acids is 1. The number of carboxylic acid groups (broad SMARTS) is 1. The van der Waals surface area contributed by atoms with E-state index in [1.807, 2.05) is 13.8 Å². The van der Waals surface area contributed by atoms with Crippen LogP contribution in [-0.2, 0) is 5.41 Å². The molecule has 14 heavy (non-hydrogen) atoms. The Morgan fingerprint density at radius 1 is 1.64 bits per heavy atom. The van der Waals surface area contributed by atoms with Crippen molar-refractivity contribution < 1.29 is 14.6 Å². The van der Waals surface area contributed by atoms with Gasteiger partial charge in [-0.25, -0.2) is 4.79 Å². The van der Waals surface area contributed by atoms with Gasteiger partial charge in [0.1, 0.15) is 5.75 Å². The number of pyridine rings is 1. The van der Waals surface area contributed by atoms with Gasteiger partial charge in [-0.05, 0) is 6.07 Å². The number of fused-ring (bicyclic) bond motifs is 1. The maximum atomic E-state index is 10.7. The second-order valence-electron chi connectivity index (χ2n) is 4.05. The smallest absolute Gasteiger partial charge is 0.337 e. The molecule has 4 heteroatoms. The zero-order valence-corrected chi connectivity index (χ0v) is 8.07. The summed E-state index contributed by atoms with van der Waals surface area (Å²) in [5.41, 5.74) is 0.885. The third kappa shape index (κ3) is 1.23. The van der Waals surface area contributed by atoms with Crippen LogP contribution in [0.25, 0.3) is 0 Å². The summed E-state index contributed by atoms with van der Waals surface area (Å²) in [5.74, 6) is -0.386. The lowest BCUT2D eigenvalue weighted by molar-refractivity contribution is 0.0696. The fourth-order valence-corrected chi connectivity index (χ4v) is 1.51. The summed E-state index contributed by atoms with van der Waals surface area (Å²) in [6.07, 6.45) is 1.37. The third-order valence-corrected chi connectivity index (χ3v) is 2.33. The lowest BCUT2D eigenvalue weighted by atomic mass is 9.91. The molecule has 0 unspecified atom stereocenters. The van der Waals surface area contributed by atoms with Crippen LogP contribution in [0.5, 0.6) is 5.75 Å². The molecule has 0 fully saturated rings. The molecular formula is C10H11NO3. The van der Waals surface area contributed by atoms with Crippen LogP contribution >= 0.6 is 0 Å². The summed E-state index contributed by atoms with van der Waals surface area (Å²) < 4.78 is 5.38. The van der Waals surface area contributed by atoms with Gasteiger partial charge in [0.25, 0.3) is 0 Å². The molecule has 0 bridgehead atoms. The van der Waals surface area contributed by atoms with Crippen molar-refractivity contribution in [2.45, 2.75) is 19.3 Å². The molecule has 0 saturated carbocycles. The van der Waals surface area contributed by atoms with Gasteiger partial charge in [0.2, 0.25) is 0 Å². The van der Waals surface area contributed by atoms with E-state index in [1.54, 1.807) is 0 Å². The number of hydrogen-bond acceptors (Lipinski definition) is 3. The molecule has 2 heterocycles. The number of rotatable bonds is 1. The van der Waals surface area contributed by atoms with Gasteiger partial charge in [0, 0.05) is 11.6 Å². The number of carboxylic acids is 1. The molecule has 74 valence electrons. The van der Waals surface area contributed by atoms with Crippen LogP contribution in [0, 0.1) is 0 Å². The first kappa shape index (κ1) is 8.99. The zero-order valence-electron chi connectivity index (χ0n) is 8.07. The zero-order chi connectivity index (χ0) is 10.3. The van der Waals surface area contributed by atoms with E-state index in [-0.39, 0.29) is 11.0 Å². The van der Waals surface area contributed by atoms with E-state index in [0.29, 0.717) is 12.4 Å². The highest BCUT2D eigenvalue weighted by Gasteiger charge is 2.33. The van der Waals surface area contributed by atoms with Crippen LogP contribution in [0.2, 0.25) is 0 Å². The van der Waals surface area contributed by atoms with E-state index in [9.17, 15) is 4.79 Å². The third-order valence-electron chi connectivity index (χ3n) is 2.33. The van der Waals surface area contributed by atoms with Gasteiger partial charge < -0.3 is 9.84 Å². The molecule has 4 nitrogen and oxygen atoms in total. The number of ether oxygens (including phenoxy) is 1. The normalized spacial score (nSPS) is 17.3. The fourth-order valence-electron chi connectivity index (χ4n) is 1.51. The highest BCUT2D eigenvalue weighted by molar-refractivity contribution is 5.87. The topological polar surface area (TPSA) is 59.4 Å². The molecule has 2 rings (SSSR count). The maximum absolute atomic E-state index is 10.7. The van der Waals surface area contributed by atoms with Crippen LogP contribution in [0.15, 0.2) is 12.3 Å². The van der Waals surface area contributed by atoms with E-state index in [4.69, 9.17) is 9.84 Å². The molecule has 0 saturated heterocycles. The van der Waals surface area contributed by atoms with Crippen LogP contribution < -0.4 is 4.74 Å². The Bertz CT molecular complexity index is 398. The van der Waals surface area contributed by atoms with Crippen LogP contribution in [0.4, 0.5) is 0 Å². The molecule has 1 N–H and O–H groups in total. The van der Waals surface area contributed by atoms with Crippen LogP contribution in [0.1, 0.15) is 29.9 Å². The van der Waals surface area contributed by atoms with Crippen molar-refractivity contribution in [3.63, 3.8) is 0 Å². The van der Waals surface area contributed by atoms with Gasteiger partial charge in [-0.3, -0.25) is 4.98 Å². The predicted octanol–water partition coefficient (Wildman–Crippen LogP) is 1.45. The molecule has 0 atom stereocenters. The van der Waals surface area contributed by atoms with E-state index in [1.165, 1.54) is 12.3 Å². The van der Waals surface area contributed by atoms with E-state index < -0.39 is 5.97 Å². The van der Waals surface area contributed by atoms with Gasteiger partial charge in [-0.15, -0.1) is 0 Å². The van der Waals surface area contributed by atoms with Crippen molar-refractivity contribution in [2.75, 3.05) is 6.61 Å². The van der Waals surface area contributed by atoms with E-state index in [2.05, 4.69) is 4.98 Å². The molecule has 1 aromatic rings. The average Bonchev–Trinajstić information content (AvgIpc) is 2.42. The minimum atomic E-state index is -0.978. The molecular weight excluding hydrogens is 182 g/mol. The van der Waals surface area contributed by atoms with Crippen molar-refractivity contribution >= 4 is 5.97 Å². The fraction of sp³-hybridized carbons (Fsp3) is 0.400. The number of nitrogens with zero attached hydrogens (tertiary/aromatic N) is 1. The van der Waals surface area contributed by atoms with Crippen molar-refractivity contribution in [1.82, 2.24) is 4.98 Å². The Hall–Kier alpha value is -1.58. The maximum Gasteiger partial charge on any atom is 0.337 e. The van der Waals surface area contributed by atoms with E-state index in [0.717, 1.165) is 5.69 Å². The Labute approximate surface area is 81.5 Å². The highest BCUT2D eigenvalue weighted by atomic mass is 16.5. The van der Waals surface area contributed by atoms with Gasteiger partial charge in [0.05, 0.1) is 17.9 Å². The number of hydrogen-bond donors (Lipinski definition) is 1. The van der Waals surface area contributed by atoms with Crippen molar-refractivity contribution in [3.05, 3.63) is 23.5 Å². The largest absolute Gasteiger partial charge is 0.491 e. The lowest BCUT2D eigenvalue weighted by Crippen LogP contribution is -2.19.